The van der Waals surface area contributed by atoms with Gasteiger partial charge in [-0.3, -0.25) is 0 Å². The Morgan fingerprint density at radius 3 is 2.63 bits per heavy atom. The van der Waals surface area contributed by atoms with Gasteiger partial charge in [-0.1, -0.05) is 54.3 Å². The van der Waals surface area contributed by atoms with E-state index in [4.69, 9.17) is 28.6 Å². The molecule has 0 bridgehead atoms. The highest BCUT2D eigenvalue weighted by atomic mass is 35.5. The van der Waals surface area contributed by atoms with Crippen molar-refractivity contribution in [3.05, 3.63) is 64.2 Å². The van der Waals surface area contributed by atoms with Crippen molar-refractivity contribution in [3.8, 4) is 0 Å². The molecule has 6 heteroatoms. The Hall–Kier alpha value is -2.11. The fourth-order valence-electron chi connectivity index (χ4n) is 4.11. The molecular weight excluding hydrogens is 416 g/mol. The van der Waals surface area contributed by atoms with Gasteiger partial charge in [0.15, 0.2) is 5.11 Å². The van der Waals surface area contributed by atoms with Gasteiger partial charge in [-0.15, -0.1) is 0 Å². The van der Waals surface area contributed by atoms with Crippen LogP contribution in [0.4, 0.5) is 5.69 Å². The second kappa shape index (κ2) is 10.3. The van der Waals surface area contributed by atoms with Gasteiger partial charge in [0.1, 0.15) is 0 Å². The first-order valence-electron chi connectivity index (χ1n) is 10.5. The van der Waals surface area contributed by atoms with Gasteiger partial charge in [-0.05, 0) is 75.5 Å². The Kier molecular flexibility index (Phi) is 7.73. The molecule has 0 spiro atoms. The summed E-state index contributed by atoms with van der Waals surface area (Å²) in [6, 6.07) is 13.9. The lowest BCUT2D eigenvalue weighted by atomic mass is 9.89. The zero-order valence-electron chi connectivity index (χ0n) is 17.6. The van der Waals surface area contributed by atoms with Crippen molar-refractivity contribution in [2.45, 2.75) is 57.9 Å². The molecule has 1 fully saturated rings. The van der Waals surface area contributed by atoms with Crippen LogP contribution >= 0.6 is 23.8 Å². The Balaban J connectivity index is 1.62. The molecule has 1 aliphatic carbocycles. The van der Waals surface area contributed by atoms with Crippen LogP contribution in [-0.4, -0.2) is 23.2 Å². The van der Waals surface area contributed by atoms with Crippen LogP contribution in [0.15, 0.2) is 42.5 Å². The number of halogens is 1. The van der Waals surface area contributed by atoms with Crippen LogP contribution in [0.2, 0.25) is 5.02 Å². The van der Waals surface area contributed by atoms with Crippen molar-refractivity contribution < 1.29 is 9.53 Å². The quantitative estimate of drug-likeness (QED) is 0.401. The lowest BCUT2D eigenvalue weighted by molar-refractivity contribution is 0.0526. The van der Waals surface area contributed by atoms with Crippen molar-refractivity contribution in [3.63, 3.8) is 0 Å². The highest BCUT2D eigenvalue weighted by molar-refractivity contribution is 7.80. The standard InChI is InChI=1S/C24H29ClN2O2S/c1-3-29-22(28)20-10-9-19(16-21(20)25)26-23(30)27-24(12-4-5-13-24)14-11-18-8-6-7-17(2)15-18/h6-10,15-16H,3-5,11-14H2,1-2H3,(H2,26,27,30). The molecule has 0 saturated heterocycles. The summed E-state index contributed by atoms with van der Waals surface area (Å²) in [5.41, 5.74) is 3.78. The molecule has 0 amide bonds. The maximum absolute atomic E-state index is 11.9. The van der Waals surface area contributed by atoms with E-state index >= 15 is 0 Å². The number of thiocarbonyl (C=S) groups is 1. The third kappa shape index (κ3) is 5.96. The van der Waals surface area contributed by atoms with Crippen LogP contribution in [0, 0.1) is 6.92 Å². The highest BCUT2D eigenvalue weighted by Gasteiger charge is 2.34. The minimum Gasteiger partial charge on any atom is -0.462 e. The number of ether oxygens (including phenoxy) is 1. The molecule has 160 valence electrons. The van der Waals surface area contributed by atoms with Crippen LogP contribution in [0.1, 0.15) is 60.5 Å². The first-order chi connectivity index (χ1) is 14.4. The number of anilines is 1. The molecule has 0 radical (unpaired) electrons. The first-order valence-corrected chi connectivity index (χ1v) is 11.3. The molecule has 2 aromatic carbocycles. The fourth-order valence-corrected chi connectivity index (χ4v) is 4.70. The normalized spacial score (nSPS) is 14.9. The van der Waals surface area contributed by atoms with Gasteiger partial charge in [0.05, 0.1) is 17.2 Å². The molecule has 0 heterocycles. The van der Waals surface area contributed by atoms with E-state index in [0.29, 0.717) is 22.3 Å². The van der Waals surface area contributed by atoms with Crippen LogP contribution in [0.3, 0.4) is 0 Å². The monoisotopic (exact) mass is 444 g/mol. The average molecular weight is 445 g/mol. The summed E-state index contributed by atoms with van der Waals surface area (Å²) in [5, 5.41) is 7.74. The second-order valence-electron chi connectivity index (χ2n) is 7.97. The van der Waals surface area contributed by atoms with Gasteiger partial charge in [0.2, 0.25) is 0 Å². The van der Waals surface area contributed by atoms with Crippen molar-refractivity contribution in [2.24, 2.45) is 0 Å². The van der Waals surface area contributed by atoms with Crippen LogP contribution in [0.25, 0.3) is 0 Å². The Bertz CT molecular complexity index is 910. The van der Waals surface area contributed by atoms with Crippen LogP contribution < -0.4 is 10.6 Å². The zero-order valence-corrected chi connectivity index (χ0v) is 19.2. The number of nitrogens with one attached hydrogen (secondary N) is 2. The van der Waals surface area contributed by atoms with Gasteiger partial charge in [-0.2, -0.15) is 0 Å². The number of carbonyl (C=O) groups excluding carboxylic acids is 1. The van der Waals surface area contributed by atoms with Gasteiger partial charge < -0.3 is 15.4 Å². The van der Waals surface area contributed by atoms with Crippen LogP contribution in [-0.2, 0) is 11.2 Å². The highest BCUT2D eigenvalue weighted by Crippen LogP contribution is 2.34. The Morgan fingerprint density at radius 2 is 1.97 bits per heavy atom. The second-order valence-corrected chi connectivity index (χ2v) is 8.79. The van der Waals surface area contributed by atoms with Crippen LogP contribution in [0.5, 0.6) is 0 Å². The Morgan fingerprint density at radius 1 is 1.20 bits per heavy atom. The number of hydrogen-bond acceptors (Lipinski definition) is 3. The Labute approximate surface area is 189 Å². The van der Waals surface area contributed by atoms with Crippen molar-refractivity contribution in [1.29, 1.82) is 0 Å². The molecule has 1 aliphatic rings. The van der Waals surface area contributed by atoms with E-state index in [1.54, 1.807) is 25.1 Å². The number of rotatable bonds is 7. The number of esters is 1. The van der Waals surface area contributed by atoms with Crippen molar-refractivity contribution >= 4 is 40.6 Å². The molecular formula is C24H29ClN2O2S. The third-order valence-electron chi connectivity index (χ3n) is 5.64. The van der Waals surface area contributed by atoms with E-state index in [0.717, 1.165) is 31.4 Å². The molecule has 0 atom stereocenters. The minimum absolute atomic E-state index is 0.0164. The predicted molar refractivity (Wildman–Crippen MR) is 127 cm³/mol. The lowest BCUT2D eigenvalue weighted by Gasteiger charge is -2.32. The number of aryl methyl sites for hydroxylation is 2. The average Bonchev–Trinajstić information content (AvgIpc) is 3.15. The molecule has 1 saturated carbocycles. The van der Waals surface area contributed by atoms with E-state index in [-0.39, 0.29) is 5.54 Å². The summed E-state index contributed by atoms with van der Waals surface area (Å²) in [6.45, 7) is 4.21. The molecule has 4 nitrogen and oxygen atoms in total. The summed E-state index contributed by atoms with van der Waals surface area (Å²) in [6.07, 6.45) is 6.72. The van der Waals surface area contributed by atoms with Crippen molar-refractivity contribution in [2.75, 3.05) is 11.9 Å². The van der Waals surface area contributed by atoms with E-state index in [1.807, 2.05) is 0 Å². The third-order valence-corrected chi connectivity index (χ3v) is 6.15. The van der Waals surface area contributed by atoms with Gasteiger partial charge in [0, 0.05) is 11.2 Å². The lowest BCUT2D eigenvalue weighted by Crippen LogP contribution is -2.48. The molecule has 0 aliphatic heterocycles. The number of carbonyl (C=O) groups is 1. The molecule has 0 aromatic heterocycles. The summed E-state index contributed by atoms with van der Waals surface area (Å²) < 4.78 is 5.02. The van der Waals surface area contributed by atoms with Gasteiger partial charge >= 0.3 is 5.97 Å². The largest absolute Gasteiger partial charge is 0.462 e. The smallest absolute Gasteiger partial charge is 0.339 e. The summed E-state index contributed by atoms with van der Waals surface area (Å²) >= 11 is 11.9. The predicted octanol–water partition coefficient (Wildman–Crippen LogP) is 6.06. The van der Waals surface area contributed by atoms with E-state index in [1.165, 1.54) is 24.0 Å². The summed E-state index contributed by atoms with van der Waals surface area (Å²) in [7, 11) is 0. The van der Waals surface area contributed by atoms with Gasteiger partial charge in [-0.25, -0.2) is 4.79 Å². The fraction of sp³-hybridized carbons (Fsp3) is 0.417. The van der Waals surface area contributed by atoms with E-state index < -0.39 is 5.97 Å². The molecule has 2 aromatic rings. The first kappa shape index (κ1) is 22.6. The SMILES string of the molecule is CCOC(=O)c1ccc(NC(=S)NC2(CCc3cccc(C)c3)CCCC2)cc1Cl. The number of benzene rings is 2. The minimum atomic E-state index is -0.421. The number of hydrogen-bond donors (Lipinski definition) is 2. The summed E-state index contributed by atoms with van der Waals surface area (Å²) in [5.74, 6) is -0.421. The van der Waals surface area contributed by atoms with E-state index in [2.05, 4.69) is 41.8 Å². The van der Waals surface area contributed by atoms with Crippen molar-refractivity contribution in [1.82, 2.24) is 5.32 Å². The molecule has 3 rings (SSSR count). The maximum Gasteiger partial charge on any atom is 0.339 e. The summed E-state index contributed by atoms with van der Waals surface area (Å²) in [4.78, 5) is 11.9. The van der Waals surface area contributed by atoms with E-state index in [9.17, 15) is 4.79 Å². The maximum atomic E-state index is 11.9. The molecule has 30 heavy (non-hydrogen) atoms. The topological polar surface area (TPSA) is 50.4 Å². The van der Waals surface area contributed by atoms with Gasteiger partial charge in [0.25, 0.3) is 0 Å². The molecule has 0 unspecified atom stereocenters. The zero-order chi connectivity index (χ0) is 21.6. The molecule has 2 N–H and O–H groups in total.